The van der Waals surface area contributed by atoms with Gasteiger partial charge in [0.25, 0.3) is 0 Å². The molecule has 0 aliphatic heterocycles. The van der Waals surface area contributed by atoms with Crippen LogP contribution in [0.15, 0.2) is 36.5 Å². The van der Waals surface area contributed by atoms with Crippen molar-refractivity contribution in [2.24, 2.45) is 0 Å². The lowest BCUT2D eigenvalue weighted by Gasteiger charge is -2.06. The molecule has 0 fully saturated rings. The van der Waals surface area contributed by atoms with E-state index in [0.29, 0.717) is 0 Å². The summed E-state index contributed by atoms with van der Waals surface area (Å²) >= 11 is 0. The maximum Gasteiger partial charge on any atom is 0.178 e. The first-order valence-corrected chi connectivity index (χ1v) is 7.81. The maximum absolute atomic E-state index is 5.31. The van der Waals surface area contributed by atoms with Crippen molar-refractivity contribution in [3.05, 3.63) is 47.9 Å². The Morgan fingerprint density at radius 3 is 3.00 bits per heavy atom. The highest BCUT2D eigenvalue weighted by Crippen LogP contribution is 2.24. The molecule has 2 N–H and O–H groups in total. The Balaban J connectivity index is 1.49. The van der Waals surface area contributed by atoms with E-state index >= 15 is 0 Å². The molecule has 0 radical (unpaired) electrons. The SMILES string of the molecule is COc1ccc2[nH]cc(CCNc3ccc4nnc(C)n4n3)c2c1. The summed E-state index contributed by atoms with van der Waals surface area (Å²) in [5.74, 6) is 2.45. The second-order valence-electron chi connectivity index (χ2n) is 5.64. The van der Waals surface area contributed by atoms with Gasteiger partial charge in [0.1, 0.15) is 11.6 Å². The van der Waals surface area contributed by atoms with Gasteiger partial charge in [-0.25, -0.2) is 0 Å². The molecule has 0 spiro atoms. The standard InChI is InChI=1S/C17H18N6O/c1-11-20-21-17-6-5-16(22-23(11)17)18-8-7-12-10-19-15-4-3-13(24-2)9-14(12)15/h3-6,9-10,19H,7-8H2,1-2H3,(H,18,22). The van der Waals surface area contributed by atoms with E-state index in [1.165, 1.54) is 10.9 Å². The highest BCUT2D eigenvalue weighted by molar-refractivity contribution is 5.84. The second-order valence-corrected chi connectivity index (χ2v) is 5.64. The summed E-state index contributed by atoms with van der Waals surface area (Å²) in [6, 6.07) is 9.89. The van der Waals surface area contributed by atoms with Gasteiger partial charge in [0.2, 0.25) is 0 Å². The second kappa shape index (κ2) is 5.84. The van der Waals surface area contributed by atoms with Gasteiger partial charge in [-0.1, -0.05) is 0 Å². The molecule has 7 heteroatoms. The molecule has 0 atom stereocenters. The molecule has 0 bridgehead atoms. The van der Waals surface area contributed by atoms with E-state index in [9.17, 15) is 0 Å². The molecule has 3 heterocycles. The van der Waals surface area contributed by atoms with Gasteiger partial charge in [0.15, 0.2) is 11.5 Å². The molecule has 4 aromatic rings. The average Bonchev–Trinajstić information content (AvgIpc) is 3.18. The van der Waals surface area contributed by atoms with Crippen molar-refractivity contribution in [2.45, 2.75) is 13.3 Å². The van der Waals surface area contributed by atoms with Crippen molar-refractivity contribution < 1.29 is 4.74 Å². The van der Waals surface area contributed by atoms with Gasteiger partial charge in [-0.15, -0.1) is 15.3 Å². The van der Waals surface area contributed by atoms with Crippen molar-refractivity contribution in [1.29, 1.82) is 0 Å². The van der Waals surface area contributed by atoms with Gasteiger partial charge in [-0.05, 0) is 49.2 Å². The minimum atomic E-state index is 0.752. The van der Waals surface area contributed by atoms with Crippen molar-refractivity contribution >= 4 is 22.4 Å². The first-order valence-electron chi connectivity index (χ1n) is 7.81. The van der Waals surface area contributed by atoms with E-state index in [1.807, 2.05) is 37.4 Å². The number of benzene rings is 1. The number of H-pyrrole nitrogens is 1. The molecule has 122 valence electrons. The summed E-state index contributed by atoms with van der Waals surface area (Å²) in [5, 5.41) is 17.1. The number of aromatic nitrogens is 5. The van der Waals surface area contributed by atoms with Crippen molar-refractivity contribution in [1.82, 2.24) is 24.8 Å². The monoisotopic (exact) mass is 322 g/mol. The van der Waals surface area contributed by atoms with Gasteiger partial charge in [0, 0.05) is 23.6 Å². The number of nitrogens with zero attached hydrogens (tertiary/aromatic N) is 4. The molecule has 0 saturated heterocycles. The van der Waals surface area contributed by atoms with E-state index in [0.717, 1.165) is 41.5 Å². The highest BCUT2D eigenvalue weighted by atomic mass is 16.5. The van der Waals surface area contributed by atoms with Crippen LogP contribution in [0.3, 0.4) is 0 Å². The van der Waals surface area contributed by atoms with Gasteiger partial charge < -0.3 is 15.0 Å². The summed E-state index contributed by atoms with van der Waals surface area (Å²) in [7, 11) is 1.68. The van der Waals surface area contributed by atoms with Gasteiger partial charge in [-0.2, -0.15) is 4.52 Å². The van der Waals surface area contributed by atoms with Gasteiger partial charge >= 0.3 is 0 Å². The normalized spacial score (nSPS) is 11.2. The number of methoxy groups -OCH3 is 1. The molecule has 0 saturated carbocycles. The Labute approximate surface area is 138 Å². The Hall–Kier alpha value is -3.09. The molecule has 24 heavy (non-hydrogen) atoms. The lowest BCUT2D eigenvalue weighted by molar-refractivity contribution is 0.415. The van der Waals surface area contributed by atoms with Crippen molar-refractivity contribution in [3.63, 3.8) is 0 Å². The number of hydrogen-bond donors (Lipinski definition) is 2. The fraction of sp³-hybridized carbons (Fsp3) is 0.235. The van der Waals surface area contributed by atoms with E-state index < -0.39 is 0 Å². The number of fused-ring (bicyclic) bond motifs is 2. The van der Waals surface area contributed by atoms with Crippen molar-refractivity contribution in [2.75, 3.05) is 19.0 Å². The first kappa shape index (κ1) is 14.5. The molecule has 0 unspecified atom stereocenters. The fourth-order valence-corrected chi connectivity index (χ4v) is 2.81. The van der Waals surface area contributed by atoms with Crippen LogP contribution in [-0.2, 0) is 6.42 Å². The van der Waals surface area contributed by atoms with E-state index in [4.69, 9.17) is 4.74 Å². The Morgan fingerprint density at radius 2 is 2.12 bits per heavy atom. The molecule has 3 aromatic heterocycles. The molecular formula is C17H18N6O. The van der Waals surface area contributed by atoms with Crippen LogP contribution >= 0.6 is 0 Å². The minimum absolute atomic E-state index is 0.752. The zero-order chi connectivity index (χ0) is 16.5. The molecule has 1 aromatic carbocycles. The maximum atomic E-state index is 5.31. The number of rotatable bonds is 5. The molecule has 7 nitrogen and oxygen atoms in total. The third-order valence-electron chi connectivity index (χ3n) is 4.09. The van der Waals surface area contributed by atoms with E-state index in [-0.39, 0.29) is 0 Å². The lowest BCUT2D eigenvalue weighted by Crippen LogP contribution is -2.08. The first-order chi connectivity index (χ1) is 11.7. The summed E-state index contributed by atoms with van der Waals surface area (Å²) < 4.78 is 7.05. The number of nitrogens with one attached hydrogen (secondary N) is 2. The fourth-order valence-electron chi connectivity index (χ4n) is 2.81. The molecular weight excluding hydrogens is 304 g/mol. The number of anilines is 1. The van der Waals surface area contributed by atoms with Crippen LogP contribution in [0.25, 0.3) is 16.6 Å². The molecule has 4 rings (SSSR count). The number of ether oxygens (including phenoxy) is 1. The van der Waals surface area contributed by atoms with Crippen LogP contribution in [-0.4, -0.2) is 38.4 Å². The summed E-state index contributed by atoms with van der Waals surface area (Å²) in [6.07, 6.45) is 2.93. The summed E-state index contributed by atoms with van der Waals surface area (Å²) in [6.45, 7) is 2.67. The van der Waals surface area contributed by atoms with E-state index in [1.54, 1.807) is 11.6 Å². The van der Waals surface area contributed by atoms with E-state index in [2.05, 4.69) is 31.7 Å². The van der Waals surface area contributed by atoms with Gasteiger partial charge in [-0.3, -0.25) is 0 Å². The number of hydrogen-bond acceptors (Lipinski definition) is 5. The summed E-state index contributed by atoms with van der Waals surface area (Å²) in [4.78, 5) is 3.30. The topological polar surface area (TPSA) is 80.1 Å². The van der Waals surface area contributed by atoms with Crippen molar-refractivity contribution in [3.8, 4) is 5.75 Å². The Kier molecular flexibility index (Phi) is 3.53. The summed E-state index contributed by atoms with van der Waals surface area (Å²) in [5.41, 5.74) is 3.12. The third-order valence-corrected chi connectivity index (χ3v) is 4.09. The van der Waals surface area contributed by atoms with Crippen LogP contribution in [0.4, 0.5) is 5.82 Å². The minimum Gasteiger partial charge on any atom is -0.497 e. The highest BCUT2D eigenvalue weighted by Gasteiger charge is 2.06. The van der Waals surface area contributed by atoms with Crippen LogP contribution in [0, 0.1) is 6.92 Å². The Morgan fingerprint density at radius 1 is 1.21 bits per heavy atom. The predicted octanol–water partition coefficient (Wildman–Crippen LogP) is 2.58. The molecule has 0 amide bonds. The van der Waals surface area contributed by atoms with Gasteiger partial charge in [0.05, 0.1) is 7.11 Å². The van der Waals surface area contributed by atoms with Crippen LogP contribution < -0.4 is 10.1 Å². The van der Waals surface area contributed by atoms with Crippen LogP contribution in [0.1, 0.15) is 11.4 Å². The predicted molar refractivity (Wildman–Crippen MR) is 92.6 cm³/mol. The molecule has 0 aliphatic carbocycles. The Bertz CT molecular complexity index is 1000. The van der Waals surface area contributed by atoms with Crippen LogP contribution in [0.2, 0.25) is 0 Å². The molecule has 0 aliphatic rings. The average molecular weight is 322 g/mol. The van der Waals surface area contributed by atoms with Crippen LogP contribution in [0.5, 0.6) is 5.75 Å². The zero-order valence-electron chi connectivity index (χ0n) is 13.6. The quantitative estimate of drug-likeness (QED) is 0.590. The third kappa shape index (κ3) is 2.54. The zero-order valence-corrected chi connectivity index (χ0v) is 13.6. The largest absolute Gasteiger partial charge is 0.497 e. The lowest BCUT2D eigenvalue weighted by atomic mass is 10.1. The number of aromatic amines is 1. The smallest absolute Gasteiger partial charge is 0.178 e. The number of aryl methyl sites for hydroxylation is 1.